The molecular formula is C21H23F2N5O. The normalized spacial score (nSPS) is 19.0. The SMILES string of the molecule is N=C(/C=C\Nc1ccccc1F)NC(=O)C1CCC(Nc2cccc(F)n2)CC1. The van der Waals surface area contributed by atoms with Gasteiger partial charge in [0.25, 0.3) is 0 Å². The summed E-state index contributed by atoms with van der Waals surface area (Å²) in [6.45, 7) is 0. The second-order valence-corrected chi connectivity index (χ2v) is 6.90. The molecule has 0 spiro atoms. The highest BCUT2D eigenvalue weighted by molar-refractivity contribution is 6.03. The van der Waals surface area contributed by atoms with Gasteiger partial charge in [0.05, 0.1) is 5.69 Å². The Kier molecular flexibility index (Phi) is 6.89. The molecular weight excluding hydrogens is 376 g/mol. The van der Waals surface area contributed by atoms with E-state index in [9.17, 15) is 13.6 Å². The predicted octanol–water partition coefficient (Wildman–Crippen LogP) is 4.05. The van der Waals surface area contributed by atoms with E-state index in [2.05, 4.69) is 20.9 Å². The van der Waals surface area contributed by atoms with E-state index in [1.54, 1.807) is 30.3 Å². The predicted molar refractivity (Wildman–Crippen MR) is 109 cm³/mol. The highest BCUT2D eigenvalue weighted by Crippen LogP contribution is 2.26. The maximum atomic E-state index is 13.5. The summed E-state index contributed by atoms with van der Waals surface area (Å²) in [5, 5.41) is 16.4. The zero-order valence-electron chi connectivity index (χ0n) is 15.8. The van der Waals surface area contributed by atoms with E-state index in [4.69, 9.17) is 5.41 Å². The maximum Gasteiger partial charge on any atom is 0.228 e. The summed E-state index contributed by atoms with van der Waals surface area (Å²) in [4.78, 5) is 16.2. The molecule has 4 N–H and O–H groups in total. The number of halogens is 2. The van der Waals surface area contributed by atoms with Crippen molar-refractivity contribution in [3.8, 4) is 0 Å². The van der Waals surface area contributed by atoms with E-state index in [1.165, 1.54) is 24.4 Å². The number of rotatable bonds is 6. The molecule has 1 amide bonds. The standard InChI is InChI=1S/C21H23F2N5O/c22-16-4-1-2-5-17(16)25-13-12-19(24)28-21(29)14-8-10-15(11-9-14)26-20-7-3-6-18(23)27-20/h1-7,12-15,25H,8-11H2,(H,26,27)(H2,24,28,29)/b13-12-. The molecule has 1 fully saturated rings. The van der Waals surface area contributed by atoms with Crippen molar-refractivity contribution in [2.75, 3.05) is 10.6 Å². The quantitative estimate of drug-likeness (QED) is 0.335. The van der Waals surface area contributed by atoms with Gasteiger partial charge in [-0.15, -0.1) is 0 Å². The first-order valence-corrected chi connectivity index (χ1v) is 9.47. The minimum absolute atomic E-state index is 0.0666. The van der Waals surface area contributed by atoms with E-state index in [0.29, 0.717) is 24.3 Å². The second kappa shape index (κ2) is 9.77. The Morgan fingerprint density at radius 2 is 1.83 bits per heavy atom. The molecule has 1 aromatic heterocycles. The Morgan fingerprint density at radius 3 is 2.55 bits per heavy atom. The van der Waals surface area contributed by atoms with Crippen LogP contribution in [0.5, 0.6) is 0 Å². The van der Waals surface area contributed by atoms with Crippen molar-refractivity contribution < 1.29 is 13.6 Å². The third-order valence-corrected chi connectivity index (χ3v) is 4.79. The van der Waals surface area contributed by atoms with E-state index in [0.717, 1.165) is 12.8 Å². The molecule has 1 aromatic carbocycles. The van der Waals surface area contributed by atoms with Crippen LogP contribution in [0.25, 0.3) is 0 Å². The molecule has 8 heteroatoms. The number of hydrogen-bond acceptors (Lipinski definition) is 5. The molecule has 1 heterocycles. The van der Waals surface area contributed by atoms with Crippen LogP contribution >= 0.6 is 0 Å². The number of benzene rings is 1. The summed E-state index contributed by atoms with van der Waals surface area (Å²) in [7, 11) is 0. The minimum Gasteiger partial charge on any atom is -0.367 e. The molecule has 1 aliphatic rings. The van der Waals surface area contributed by atoms with Crippen molar-refractivity contribution in [1.82, 2.24) is 10.3 Å². The van der Waals surface area contributed by atoms with Crippen LogP contribution in [0.3, 0.4) is 0 Å². The fourth-order valence-corrected chi connectivity index (χ4v) is 3.27. The first-order chi connectivity index (χ1) is 14.0. The van der Waals surface area contributed by atoms with Crippen LogP contribution < -0.4 is 16.0 Å². The van der Waals surface area contributed by atoms with E-state index < -0.39 is 11.8 Å². The van der Waals surface area contributed by atoms with Crippen LogP contribution in [0.4, 0.5) is 20.3 Å². The van der Waals surface area contributed by atoms with Crippen molar-refractivity contribution in [1.29, 1.82) is 5.41 Å². The number of amidine groups is 1. The average Bonchev–Trinajstić information content (AvgIpc) is 2.70. The summed E-state index contributed by atoms with van der Waals surface area (Å²) >= 11 is 0. The first-order valence-electron chi connectivity index (χ1n) is 9.47. The Labute approximate surface area is 167 Å². The average molecular weight is 399 g/mol. The van der Waals surface area contributed by atoms with Crippen molar-refractivity contribution in [2.45, 2.75) is 31.7 Å². The zero-order chi connectivity index (χ0) is 20.6. The molecule has 2 aromatic rings. The first kappa shape index (κ1) is 20.4. The molecule has 0 aliphatic heterocycles. The van der Waals surface area contributed by atoms with Crippen molar-refractivity contribution in [3.05, 3.63) is 66.5 Å². The lowest BCUT2D eigenvalue weighted by atomic mass is 9.85. The lowest BCUT2D eigenvalue weighted by Gasteiger charge is -2.28. The van der Waals surface area contributed by atoms with Gasteiger partial charge in [0.15, 0.2) is 0 Å². The van der Waals surface area contributed by atoms with Gasteiger partial charge in [0.1, 0.15) is 17.5 Å². The van der Waals surface area contributed by atoms with E-state index in [-0.39, 0.29) is 23.7 Å². The number of nitrogens with zero attached hydrogens (tertiary/aromatic N) is 1. The number of carbonyl (C=O) groups is 1. The monoisotopic (exact) mass is 399 g/mol. The number of aromatic nitrogens is 1. The molecule has 6 nitrogen and oxygen atoms in total. The molecule has 0 unspecified atom stereocenters. The Balaban J connectivity index is 1.41. The highest BCUT2D eigenvalue weighted by Gasteiger charge is 2.26. The van der Waals surface area contributed by atoms with Gasteiger partial charge in [-0.2, -0.15) is 4.39 Å². The Bertz CT molecular complexity index is 894. The fraction of sp³-hybridized carbons (Fsp3) is 0.286. The molecule has 152 valence electrons. The van der Waals surface area contributed by atoms with Gasteiger partial charge in [-0.25, -0.2) is 9.37 Å². The van der Waals surface area contributed by atoms with Crippen molar-refractivity contribution in [3.63, 3.8) is 0 Å². The zero-order valence-corrected chi connectivity index (χ0v) is 15.8. The lowest BCUT2D eigenvalue weighted by molar-refractivity contribution is -0.124. The van der Waals surface area contributed by atoms with Gasteiger partial charge in [0, 0.05) is 18.2 Å². The van der Waals surface area contributed by atoms with Crippen molar-refractivity contribution in [2.24, 2.45) is 5.92 Å². The van der Waals surface area contributed by atoms with Crippen LogP contribution in [-0.4, -0.2) is 22.8 Å². The molecule has 1 saturated carbocycles. The number of nitrogens with one attached hydrogen (secondary N) is 4. The molecule has 29 heavy (non-hydrogen) atoms. The van der Waals surface area contributed by atoms with E-state index >= 15 is 0 Å². The summed E-state index contributed by atoms with van der Waals surface area (Å²) < 4.78 is 26.7. The van der Waals surface area contributed by atoms with Crippen LogP contribution in [0.1, 0.15) is 25.7 Å². The van der Waals surface area contributed by atoms with Crippen molar-refractivity contribution >= 4 is 23.2 Å². The molecule has 0 atom stereocenters. The Morgan fingerprint density at radius 1 is 1.07 bits per heavy atom. The lowest BCUT2D eigenvalue weighted by Crippen LogP contribution is -2.38. The smallest absolute Gasteiger partial charge is 0.228 e. The summed E-state index contributed by atoms with van der Waals surface area (Å²) in [6.07, 6.45) is 5.64. The number of amides is 1. The van der Waals surface area contributed by atoms with Crippen LogP contribution in [0.15, 0.2) is 54.7 Å². The summed E-state index contributed by atoms with van der Waals surface area (Å²) in [6, 6.07) is 10.9. The number of para-hydroxylation sites is 1. The van der Waals surface area contributed by atoms with Gasteiger partial charge in [0.2, 0.25) is 11.9 Å². The van der Waals surface area contributed by atoms with Gasteiger partial charge in [-0.3, -0.25) is 10.2 Å². The largest absolute Gasteiger partial charge is 0.367 e. The number of hydrogen-bond donors (Lipinski definition) is 4. The van der Waals surface area contributed by atoms with E-state index in [1.807, 2.05) is 0 Å². The molecule has 0 bridgehead atoms. The van der Waals surface area contributed by atoms with Crippen LogP contribution in [0, 0.1) is 23.1 Å². The third-order valence-electron chi connectivity index (χ3n) is 4.79. The van der Waals surface area contributed by atoms with Crippen LogP contribution in [0.2, 0.25) is 0 Å². The maximum absolute atomic E-state index is 13.5. The summed E-state index contributed by atoms with van der Waals surface area (Å²) in [5.41, 5.74) is 0.293. The number of carbonyl (C=O) groups excluding carboxylic acids is 1. The second-order valence-electron chi connectivity index (χ2n) is 6.90. The van der Waals surface area contributed by atoms with Gasteiger partial charge in [-0.1, -0.05) is 18.2 Å². The van der Waals surface area contributed by atoms with Gasteiger partial charge >= 0.3 is 0 Å². The fourth-order valence-electron chi connectivity index (χ4n) is 3.27. The Hall–Kier alpha value is -3.29. The summed E-state index contributed by atoms with van der Waals surface area (Å²) in [5.74, 6) is -0.879. The van der Waals surface area contributed by atoms with Gasteiger partial charge in [-0.05, 0) is 56.0 Å². The third kappa shape index (κ3) is 6.10. The highest BCUT2D eigenvalue weighted by atomic mass is 19.1. The number of pyridine rings is 1. The van der Waals surface area contributed by atoms with Gasteiger partial charge < -0.3 is 16.0 Å². The molecule has 1 aliphatic carbocycles. The molecule has 3 rings (SSSR count). The minimum atomic E-state index is -0.529. The molecule has 0 saturated heterocycles. The van der Waals surface area contributed by atoms with Crippen LogP contribution in [-0.2, 0) is 4.79 Å². The topological polar surface area (TPSA) is 89.9 Å². The molecule has 0 radical (unpaired) electrons. The number of anilines is 2.